The van der Waals surface area contributed by atoms with Crippen molar-refractivity contribution in [1.29, 1.82) is 0 Å². The fourth-order valence-corrected chi connectivity index (χ4v) is 3.84. The zero-order valence-electron chi connectivity index (χ0n) is 16.9. The van der Waals surface area contributed by atoms with Gasteiger partial charge >= 0.3 is 0 Å². The molecule has 1 amide bonds. The van der Waals surface area contributed by atoms with Crippen LogP contribution in [0.4, 0.5) is 0 Å². The Morgan fingerprint density at radius 1 is 1.21 bits per heavy atom. The Balaban J connectivity index is 1.89. The molecule has 1 aromatic carbocycles. The second-order valence-electron chi connectivity index (χ2n) is 7.33. The molecule has 0 saturated carbocycles. The number of carbonyl (C=O) groups excluding carboxylic acids is 1. The SMILES string of the molecule is CC(C)S(=O)(=O)c1ccc(-c2cnc3[nH]cc(C(=O)NCCN(C)C)c3n2)cc1. The maximum absolute atomic E-state index is 12.5. The number of nitrogens with one attached hydrogen (secondary N) is 2. The highest BCUT2D eigenvalue weighted by Gasteiger charge is 2.19. The third-order valence-electron chi connectivity index (χ3n) is 4.57. The summed E-state index contributed by atoms with van der Waals surface area (Å²) in [6, 6.07) is 6.55. The molecule has 2 aromatic heterocycles. The summed E-state index contributed by atoms with van der Waals surface area (Å²) in [7, 11) is 0.544. The number of amides is 1. The smallest absolute Gasteiger partial charge is 0.255 e. The number of H-pyrrole nitrogens is 1. The van der Waals surface area contributed by atoms with E-state index in [4.69, 9.17) is 0 Å². The minimum atomic E-state index is -3.33. The van der Waals surface area contributed by atoms with Crippen LogP contribution in [0.15, 0.2) is 41.6 Å². The van der Waals surface area contributed by atoms with Crippen LogP contribution in [0.25, 0.3) is 22.4 Å². The van der Waals surface area contributed by atoms with Crippen molar-refractivity contribution in [3.05, 3.63) is 42.2 Å². The van der Waals surface area contributed by atoms with Gasteiger partial charge in [-0.25, -0.2) is 18.4 Å². The normalized spacial score (nSPS) is 12.1. The summed E-state index contributed by atoms with van der Waals surface area (Å²) in [4.78, 5) is 26.6. The average molecular weight is 416 g/mol. The number of carbonyl (C=O) groups is 1. The second kappa shape index (κ2) is 8.30. The van der Waals surface area contributed by atoms with E-state index in [2.05, 4.69) is 20.3 Å². The van der Waals surface area contributed by atoms with Gasteiger partial charge in [-0.1, -0.05) is 12.1 Å². The predicted molar refractivity (Wildman–Crippen MR) is 113 cm³/mol. The van der Waals surface area contributed by atoms with E-state index in [1.807, 2.05) is 19.0 Å². The fourth-order valence-electron chi connectivity index (χ4n) is 2.78. The number of sulfone groups is 1. The van der Waals surface area contributed by atoms with Gasteiger partial charge in [0.25, 0.3) is 5.91 Å². The van der Waals surface area contributed by atoms with Crippen molar-refractivity contribution < 1.29 is 13.2 Å². The van der Waals surface area contributed by atoms with Gasteiger partial charge in [0.2, 0.25) is 0 Å². The maximum Gasteiger partial charge on any atom is 0.255 e. The Morgan fingerprint density at radius 2 is 1.90 bits per heavy atom. The number of hydrogen-bond acceptors (Lipinski definition) is 6. The highest BCUT2D eigenvalue weighted by Crippen LogP contribution is 2.24. The standard InChI is InChI=1S/C20H25N5O3S/c1-13(2)29(27,28)15-7-5-14(6-8-15)17-12-23-19-18(24-17)16(11-22-19)20(26)21-9-10-25(3)4/h5-8,11-13H,9-10H2,1-4H3,(H,21,26)(H,22,23). The van der Waals surface area contributed by atoms with Crippen LogP contribution in [-0.4, -0.2) is 66.6 Å². The zero-order chi connectivity index (χ0) is 21.2. The first-order valence-corrected chi connectivity index (χ1v) is 10.9. The minimum Gasteiger partial charge on any atom is -0.351 e. The molecule has 2 heterocycles. The van der Waals surface area contributed by atoms with Crippen LogP contribution in [0.1, 0.15) is 24.2 Å². The predicted octanol–water partition coefficient (Wildman–Crippen LogP) is 2.10. The van der Waals surface area contributed by atoms with Gasteiger partial charge in [0.1, 0.15) is 5.52 Å². The molecule has 0 fully saturated rings. The van der Waals surface area contributed by atoms with E-state index in [1.54, 1.807) is 50.5 Å². The second-order valence-corrected chi connectivity index (χ2v) is 9.84. The van der Waals surface area contributed by atoms with Crippen molar-refractivity contribution in [3.8, 4) is 11.3 Å². The molecule has 3 rings (SSSR count). The molecule has 0 saturated heterocycles. The van der Waals surface area contributed by atoms with Gasteiger partial charge in [-0.2, -0.15) is 0 Å². The molecule has 2 N–H and O–H groups in total. The van der Waals surface area contributed by atoms with Gasteiger partial charge < -0.3 is 15.2 Å². The van der Waals surface area contributed by atoms with Crippen LogP contribution in [0.2, 0.25) is 0 Å². The van der Waals surface area contributed by atoms with Crippen LogP contribution >= 0.6 is 0 Å². The van der Waals surface area contributed by atoms with Gasteiger partial charge in [-0.3, -0.25) is 4.79 Å². The number of aromatic amines is 1. The van der Waals surface area contributed by atoms with Crippen LogP contribution < -0.4 is 5.32 Å². The van der Waals surface area contributed by atoms with E-state index >= 15 is 0 Å². The molecule has 9 heteroatoms. The van der Waals surface area contributed by atoms with Crippen LogP contribution in [0.5, 0.6) is 0 Å². The topological polar surface area (TPSA) is 108 Å². The van der Waals surface area contributed by atoms with Crippen molar-refractivity contribution in [2.24, 2.45) is 0 Å². The Morgan fingerprint density at radius 3 is 2.52 bits per heavy atom. The summed E-state index contributed by atoms with van der Waals surface area (Å²) in [5, 5.41) is 2.38. The van der Waals surface area contributed by atoms with Crippen molar-refractivity contribution in [2.75, 3.05) is 27.2 Å². The maximum atomic E-state index is 12.5. The first-order valence-electron chi connectivity index (χ1n) is 9.31. The molecule has 3 aromatic rings. The average Bonchev–Trinajstić information content (AvgIpc) is 3.11. The number of likely N-dealkylation sites (N-methyl/N-ethyl adjacent to an activating group) is 1. The van der Waals surface area contributed by atoms with E-state index in [0.29, 0.717) is 29.0 Å². The van der Waals surface area contributed by atoms with Crippen molar-refractivity contribution >= 4 is 26.9 Å². The molecular weight excluding hydrogens is 390 g/mol. The molecule has 0 spiro atoms. The largest absolute Gasteiger partial charge is 0.351 e. The molecular formula is C20H25N5O3S. The van der Waals surface area contributed by atoms with Crippen LogP contribution in [-0.2, 0) is 9.84 Å². The lowest BCUT2D eigenvalue weighted by Crippen LogP contribution is -2.31. The number of aromatic nitrogens is 3. The molecule has 29 heavy (non-hydrogen) atoms. The molecule has 0 bridgehead atoms. The third-order valence-corrected chi connectivity index (χ3v) is 6.74. The monoisotopic (exact) mass is 415 g/mol. The first kappa shape index (κ1) is 20.9. The minimum absolute atomic E-state index is 0.220. The molecule has 0 atom stereocenters. The molecule has 0 aliphatic heterocycles. The summed E-state index contributed by atoms with van der Waals surface area (Å²) in [6.45, 7) is 4.56. The summed E-state index contributed by atoms with van der Waals surface area (Å²) >= 11 is 0. The molecule has 154 valence electrons. The number of nitrogens with zero attached hydrogens (tertiary/aromatic N) is 3. The summed E-state index contributed by atoms with van der Waals surface area (Å²) in [5.41, 5.74) is 2.71. The Hall–Kier alpha value is -2.78. The Kier molecular flexibility index (Phi) is 5.99. The first-order chi connectivity index (χ1) is 13.7. The van der Waals surface area contributed by atoms with E-state index < -0.39 is 15.1 Å². The third kappa shape index (κ3) is 4.46. The number of rotatable bonds is 7. The molecule has 8 nitrogen and oxygen atoms in total. The lowest BCUT2D eigenvalue weighted by Gasteiger charge is -2.10. The van der Waals surface area contributed by atoms with E-state index in [1.165, 1.54) is 0 Å². The van der Waals surface area contributed by atoms with Crippen LogP contribution in [0.3, 0.4) is 0 Å². The van der Waals surface area contributed by atoms with Gasteiger partial charge in [-0.15, -0.1) is 0 Å². The molecule has 0 radical (unpaired) electrons. The summed E-state index contributed by atoms with van der Waals surface area (Å²) < 4.78 is 24.6. The van der Waals surface area contributed by atoms with Gasteiger partial charge in [0.05, 0.1) is 27.6 Å². The van der Waals surface area contributed by atoms with E-state index in [0.717, 1.165) is 12.1 Å². The van der Waals surface area contributed by atoms with Gasteiger partial charge in [-0.05, 0) is 40.1 Å². The van der Waals surface area contributed by atoms with Gasteiger partial charge in [0, 0.05) is 24.8 Å². The van der Waals surface area contributed by atoms with E-state index in [-0.39, 0.29) is 10.8 Å². The highest BCUT2D eigenvalue weighted by molar-refractivity contribution is 7.92. The number of benzene rings is 1. The number of hydrogen-bond donors (Lipinski definition) is 2. The zero-order valence-corrected chi connectivity index (χ0v) is 17.7. The Labute approximate surface area is 170 Å². The van der Waals surface area contributed by atoms with Crippen LogP contribution in [0, 0.1) is 0 Å². The summed E-state index contributed by atoms with van der Waals surface area (Å²) in [6.07, 6.45) is 3.19. The lowest BCUT2D eigenvalue weighted by molar-refractivity contribution is 0.0952. The van der Waals surface area contributed by atoms with E-state index in [9.17, 15) is 13.2 Å². The lowest BCUT2D eigenvalue weighted by atomic mass is 10.1. The Bertz CT molecular complexity index is 1120. The van der Waals surface area contributed by atoms with Crippen molar-refractivity contribution in [3.63, 3.8) is 0 Å². The quantitative estimate of drug-likeness (QED) is 0.612. The number of fused-ring (bicyclic) bond motifs is 1. The molecule has 0 aliphatic carbocycles. The summed E-state index contributed by atoms with van der Waals surface area (Å²) in [5.74, 6) is -0.220. The van der Waals surface area contributed by atoms with Crippen molar-refractivity contribution in [2.45, 2.75) is 24.0 Å². The molecule has 0 aliphatic rings. The van der Waals surface area contributed by atoms with Gasteiger partial charge in [0.15, 0.2) is 15.5 Å². The molecule has 0 unspecified atom stereocenters. The van der Waals surface area contributed by atoms with Crippen molar-refractivity contribution in [1.82, 2.24) is 25.2 Å². The highest BCUT2D eigenvalue weighted by atomic mass is 32.2. The fraction of sp³-hybridized carbons (Fsp3) is 0.350.